The van der Waals surface area contributed by atoms with E-state index in [0.717, 1.165) is 0 Å². The van der Waals surface area contributed by atoms with Crippen LogP contribution in [0.15, 0.2) is 35.3 Å². The summed E-state index contributed by atoms with van der Waals surface area (Å²) < 4.78 is 4.95. The molecule has 2 rings (SSSR count). The predicted molar refractivity (Wildman–Crippen MR) is 56.6 cm³/mol. The maximum absolute atomic E-state index is 11.6. The Balaban J connectivity index is 2.18. The van der Waals surface area contributed by atoms with E-state index < -0.39 is 0 Å². The van der Waals surface area contributed by atoms with Gasteiger partial charge in [0.25, 0.3) is 0 Å². The van der Waals surface area contributed by atoms with E-state index in [0.29, 0.717) is 17.3 Å². The molecule has 15 heavy (non-hydrogen) atoms. The minimum absolute atomic E-state index is 0.235. The zero-order valence-corrected chi connectivity index (χ0v) is 8.99. The largest absolute Gasteiger partial charge is 0.463 e. The highest BCUT2D eigenvalue weighted by Gasteiger charge is 2.32. The molecule has 0 saturated carbocycles. The third-order valence-electron chi connectivity index (χ3n) is 2.21. The average Bonchev–Trinajstić information content (AvgIpc) is 2.61. The first kappa shape index (κ1) is 10.1. The van der Waals surface area contributed by atoms with Crippen molar-refractivity contribution in [2.45, 2.75) is 13.1 Å². The van der Waals surface area contributed by atoms with Crippen LogP contribution in [0.25, 0.3) is 0 Å². The van der Waals surface area contributed by atoms with Crippen molar-refractivity contribution in [1.29, 1.82) is 0 Å². The second kappa shape index (κ2) is 3.98. The third kappa shape index (κ3) is 1.72. The van der Waals surface area contributed by atoms with Crippen LogP contribution in [0.2, 0.25) is 0 Å². The summed E-state index contributed by atoms with van der Waals surface area (Å²) in [7, 11) is 0. The molecule has 2 aliphatic heterocycles. The molecular formula is C10H11ClN2O2. The fourth-order valence-electron chi connectivity index (χ4n) is 1.55. The normalized spacial score (nSPS) is 22.8. The SMILES string of the molecule is CCOC(=O)C1=CC=CN2C(Cl)=CNC12. The van der Waals surface area contributed by atoms with E-state index in [1.165, 1.54) is 0 Å². The van der Waals surface area contributed by atoms with E-state index in [2.05, 4.69) is 5.32 Å². The van der Waals surface area contributed by atoms with Crippen molar-refractivity contribution in [2.75, 3.05) is 6.61 Å². The van der Waals surface area contributed by atoms with Gasteiger partial charge in [0, 0.05) is 12.4 Å². The van der Waals surface area contributed by atoms with Crippen LogP contribution in [-0.2, 0) is 9.53 Å². The number of rotatable bonds is 2. The molecule has 2 heterocycles. The molecule has 1 N–H and O–H groups in total. The van der Waals surface area contributed by atoms with Crippen LogP contribution in [0.5, 0.6) is 0 Å². The number of hydrogen-bond donors (Lipinski definition) is 1. The first-order valence-corrected chi connectivity index (χ1v) is 5.07. The van der Waals surface area contributed by atoms with Crippen LogP contribution < -0.4 is 5.32 Å². The van der Waals surface area contributed by atoms with Gasteiger partial charge in [-0.15, -0.1) is 0 Å². The lowest BCUT2D eigenvalue weighted by atomic mass is 10.1. The van der Waals surface area contributed by atoms with Crippen molar-refractivity contribution in [1.82, 2.24) is 10.2 Å². The molecule has 5 heteroatoms. The number of ether oxygens (including phenoxy) is 1. The topological polar surface area (TPSA) is 41.6 Å². The minimum Gasteiger partial charge on any atom is -0.463 e. The van der Waals surface area contributed by atoms with E-state index in [1.807, 2.05) is 6.20 Å². The number of hydrogen-bond acceptors (Lipinski definition) is 4. The fourth-order valence-corrected chi connectivity index (χ4v) is 1.76. The Morgan fingerprint density at radius 3 is 3.27 bits per heavy atom. The fraction of sp³-hybridized carbons (Fsp3) is 0.300. The Labute approximate surface area is 92.8 Å². The Kier molecular flexibility index (Phi) is 2.68. The van der Waals surface area contributed by atoms with Crippen LogP contribution in [0.4, 0.5) is 0 Å². The quantitative estimate of drug-likeness (QED) is 0.569. The van der Waals surface area contributed by atoms with Gasteiger partial charge in [-0.3, -0.25) is 0 Å². The molecule has 4 nitrogen and oxygen atoms in total. The highest BCUT2D eigenvalue weighted by atomic mass is 35.5. The van der Waals surface area contributed by atoms with Gasteiger partial charge >= 0.3 is 5.97 Å². The predicted octanol–water partition coefficient (Wildman–Crippen LogP) is 1.27. The summed E-state index contributed by atoms with van der Waals surface area (Å²) in [6, 6.07) is 0. The van der Waals surface area contributed by atoms with Crippen LogP contribution in [0.3, 0.4) is 0 Å². The van der Waals surface area contributed by atoms with Crippen molar-refractivity contribution < 1.29 is 9.53 Å². The van der Waals surface area contributed by atoms with E-state index in [-0.39, 0.29) is 12.1 Å². The lowest BCUT2D eigenvalue weighted by Crippen LogP contribution is -2.39. The smallest absolute Gasteiger partial charge is 0.338 e. The van der Waals surface area contributed by atoms with Crippen LogP contribution in [-0.4, -0.2) is 23.6 Å². The molecule has 0 spiro atoms. The van der Waals surface area contributed by atoms with Gasteiger partial charge in [0.15, 0.2) is 0 Å². The minimum atomic E-state index is -0.316. The first-order chi connectivity index (χ1) is 7.24. The summed E-state index contributed by atoms with van der Waals surface area (Å²) in [5.41, 5.74) is 0.561. The number of esters is 1. The molecule has 0 aliphatic carbocycles. The number of nitrogens with one attached hydrogen (secondary N) is 1. The summed E-state index contributed by atoms with van der Waals surface area (Å²) >= 11 is 5.93. The molecule has 0 bridgehead atoms. The van der Waals surface area contributed by atoms with Crippen molar-refractivity contribution in [2.24, 2.45) is 0 Å². The molecule has 1 atom stereocenters. The van der Waals surface area contributed by atoms with Gasteiger partial charge in [0.1, 0.15) is 11.3 Å². The van der Waals surface area contributed by atoms with Crippen molar-refractivity contribution >= 4 is 17.6 Å². The number of nitrogens with zero attached hydrogens (tertiary/aromatic N) is 1. The van der Waals surface area contributed by atoms with E-state index in [1.54, 1.807) is 30.2 Å². The molecule has 80 valence electrons. The number of carbonyl (C=O) groups is 1. The van der Waals surface area contributed by atoms with Gasteiger partial charge in [-0.25, -0.2) is 4.79 Å². The lowest BCUT2D eigenvalue weighted by Gasteiger charge is -2.27. The van der Waals surface area contributed by atoms with Crippen LogP contribution in [0.1, 0.15) is 6.92 Å². The summed E-state index contributed by atoms with van der Waals surface area (Å²) in [5, 5.41) is 3.57. The second-order valence-corrected chi connectivity index (χ2v) is 3.51. The summed E-state index contributed by atoms with van der Waals surface area (Å²) in [5.74, 6) is -0.316. The second-order valence-electron chi connectivity index (χ2n) is 3.13. The highest BCUT2D eigenvalue weighted by Crippen LogP contribution is 2.26. The van der Waals surface area contributed by atoms with Gasteiger partial charge in [0.2, 0.25) is 0 Å². The monoisotopic (exact) mass is 226 g/mol. The third-order valence-corrected chi connectivity index (χ3v) is 2.52. The van der Waals surface area contributed by atoms with E-state index in [4.69, 9.17) is 16.3 Å². The summed E-state index contributed by atoms with van der Waals surface area (Å²) in [6.45, 7) is 2.15. The molecule has 1 unspecified atom stereocenters. The number of allylic oxidation sites excluding steroid dienone is 2. The molecule has 0 aromatic carbocycles. The zero-order valence-electron chi connectivity index (χ0n) is 8.24. The van der Waals surface area contributed by atoms with Crippen molar-refractivity contribution in [3.05, 3.63) is 35.3 Å². The Bertz CT molecular complexity index is 374. The zero-order chi connectivity index (χ0) is 10.8. The van der Waals surface area contributed by atoms with Crippen LogP contribution in [0, 0.1) is 0 Å². The Morgan fingerprint density at radius 1 is 1.73 bits per heavy atom. The van der Waals surface area contributed by atoms with Crippen molar-refractivity contribution in [3.63, 3.8) is 0 Å². The standard InChI is InChI=1S/C10H11ClN2O2/c1-2-15-10(14)7-4-3-5-13-8(11)6-12-9(7)13/h3-6,9,12H,2H2,1H3. The molecule has 0 radical (unpaired) electrons. The first-order valence-electron chi connectivity index (χ1n) is 4.69. The number of carbonyl (C=O) groups excluding carboxylic acids is 1. The molecular weight excluding hydrogens is 216 g/mol. The molecule has 0 fully saturated rings. The van der Waals surface area contributed by atoms with Gasteiger partial charge in [-0.1, -0.05) is 11.6 Å². The number of halogens is 1. The average molecular weight is 227 g/mol. The van der Waals surface area contributed by atoms with Gasteiger partial charge < -0.3 is 15.0 Å². The molecule has 0 aromatic heterocycles. The highest BCUT2D eigenvalue weighted by molar-refractivity contribution is 6.29. The Hall–Kier alpha value is -1.42. The summed E-state index contributed by atoms with van der Waals surface area (Å²) in [4.78, 5) is 13.4. The van der Waals surface area contributed by atoms with Crippen LogP contribution >= 0.6 is 11.6 Å². The molecule has 0 aromatic rings. The molecule has 0 saturated heterocycles. The van der Waals surface area contributed by atoms with E-state index >= 15 is 0 Å². The molecule has 0 amide bonds. The lowest BCUT2D eigenvalue weighted by molar-refractivity contribution is -0.139. The van der Waals surface area contributed by atoms with Gasteiger partial charge in [-0.05, 0) is 19.1 Å². The maximum atomic E-state index is 11.6. The number of fused-ring (bicyclic) bond motifs is 1. The molecule has 2 aliphatic rings. The maximum Gasteiger partial charge on any atom is 0.338 e. The van der Waals surface area contributed by atoms with Crippen molar-refractivity contribution in [3.8, 4) is 0 Å². The van der Waals surface area contributed by atoms with Gasteiger partial charge in [0.05, 0.1) is 12.2 Å². The Morgan fingerprint density at radius 2 is 2.53 bits per heavy atom. The van der Waals surface area contributed by atoms with Gasteiger partial charge in [-0.2, -0.15) is 0 Å². The van der Waals surface area contributed by atoms with E-state index in [9.17, 15) is 4.79 Å². The summed E-state index contributed by atoms with van der Waals surface area (Å²) in [6.07, 6.45) is 6.74.